The molecule has 4 heteroatoms. The summed E-state index contributed by atoms with van der Waals surface area (Å²) in [5.41, 5.74) is 1.54. The molecule has 0 atom stereocenters. The summed E-state index contributed by atoms with van der Waals surface area (Å²) in [6.45, 7) is 3.82. The Kier molecular flexibility index (Phi) is 19.1. The molecule has 0 aliphatic carbocycles. The normalized spacial score (nSPS) is 10.9. The highest BCUT2D eigenvalue weighted by Gasteiger charge is 2.07. The van der Waals surface area contributed by atoms with E-state index in [1.807, 2.05) is 24.3 Å². The van der Waals surface area contributed by atoms with Crippen LogP contribution in [-0.4, -0.2) is 18.9 Å². The van der Waals surface area contributed by atoms with Gasteiger partial charge >= 0.3 is 0 Å². The van der Waals surface area contributed by atoms with Gasteiger partial charge in [0, 0.05) is 31.8 Å². The van der Waals surface area contributed by atoms with Crippen molar-refractivity contribution in [2.75, 3.05) is 17.3 Å². The number of carbonyl (C=O) groups is 2. The summed E-state index contributed by atoms with van der Waals surface area (Å²) in [6.07, 6.45) is 26.3. The van der Waals surface area contributed by atoms with Crippen LogP contribution < -0.4 is 10.2 Å². The SMILES string of the molecule is CCCCCCCCCCCCCCCCCCCCCC(=O)Nc1cccc(N(C)C(C)=O)c1. The van der Waals surface area contributed by atoms with E-state index in [2.05, 4.69) is 12.2 Å². The van der Waals surface area contributed by atoms with Crippen LogP contribution in [0.2, 0.25) is 0 Å². The molecule has 0 heterocycles. The van der Waals surface area contributed by atoms with Crippen LogP contribution in [0.5, 0.6) is 0 Å². The fraction of sp³-hybridized carbons (Fsp3) is 0.742. The minimum absolute atomic E-state index is 0.0254. The monoisotopic (exact) mass is 486 g/mol. The molecule has 0 unspecified atom stereocenters. The van der Waals surface area contributed by atoms with Crippen LogP contribution in [0.3, 0.4) is 0 Å². The molecule has 0 spiro atoms. The second kappa shape index (κ2) is 21.4. The smallest absolute Gasteiger partial charge is 0.224 e. The summed E-state index contributed by atoms with van der Waals surface area (Å²) in [5.74, 6) is 0.0298. The lowest BCUT2D eigenvalue weighted by Gasteiger charge is -2.16. The largest absolute Gasteiger partial charge is 0.326 e. The molecule has 200 valence electrons. The molecular weight excluding hydrogens is 432 g/mol. The third-order valence-electron chi connectivity index (χ3n) is 7.00. The van der Waals surface area contributed by atoms with E-state index in [-0.39, 0.29) is 11.8 Å². The third kappa shape index (κ3) is 17.3. The van der Waals surface area contributed by atoms with Crippen LogP contribution in [0.15, 0.2) is 24.3 Å². The summed E-state index contributed by atoms with van der Waals surface area (Å²) in [4.78, 5) is 25.3. The molecule has 1 rings (SSSR count). The van der Waals surface area contributed by atoms with E-state index in [1.165, 1.54) is 116 Å². The average Bonchev–Trinajstić information content (AvgIpc) is 2.85. The zero-order valence-corrected chi connectivity index (χ0v) is 23.2. The van der Waals surface area contributed by atoms with E-state index in [0.717, 1.165) is 24.2 Å². The molecule has 0 bridgehead atoms. The summed E-state index contributed by atoms with van der Waals surface area (Å²) >= 11 is 0. The number of anilines is 2. The quantitative estimate of drug-likeness (QED) is 0.166. The van der Waals surface area contributed by atoms with E-state index in [9.17, 15) is 9.59 Å². The second-order valence-corrected chi connectivity index (χ2v) is 10.3. The van der Waals surface area contributed by atoms with E-state index in [1.54, 1.807) is 11.9 Å². The van der Waals surface area contributed by atoms with Gasteiger partial charge in [-0.2, -0.15) is 0 Å². The summed E-state index contributed by atoms with van der Waals surface area (Å²) < 4.78 is 0. The molecule has 0 radical (unpaired) electrons. The van der Waals surface area contributed by atoms with Gasteiger partial charge in [0.15, 0.2) is 0 Å². The number of nitrogens with zero attached hydrogens (tertiary/aromatic N) is 1. The highest BCUT2D eigenvalue weighted by Crippen LogP contribution is 2.19. The maximum Gasteiger partial charge on any atom is 0.224 e. The van der Waals surface area contributed by atoms with Gasteiger partial charge in [0.25, 0.3) is 0 Å². The van der Waals surface area contributed by atoms with Crippen LogP contribution in [0.1, 0.15) is 142 Å². The van der Waals surface area contributed by atoms with Crippen molar-refractivity contribution in [2.24, 2.45) is 0 Å². The number of amides is 2. The third-order valence-corrected chi connectivity index (χ3v) is 7.00. The van der Waals surface area contributed by atoms with E-state index in [0.29, 0.717) is 6.42 Å². The minimum atomic E-state index is -0.0254. The highest BCUT2D eigenvalue weighted by atomic mass is 16.2. The molecular formula is C31H54N2O2. The molecule has 1 aromatic carbocycles. The predicted octanol–water partition coefficient (Wildman–Crippen LogP) is 9.43. The Hall–Kier alpha value is -1.84. The Morgan fingerprint density at radius 3 is 1.54 bits per heavy atom. The Bertz CT molecular complexity index is 674. The Morgan fingerprint density at radius 1 is 0.686 bits per heavy atom. The Labute approximate surface area is 216 Å². The molecule has 35 heavy (non-hydrogen) atoms. The fourth-order valence-corrected chi connectivity index (χ4v) is 4.56. The zero-order chi connectivity index (χ0) is 25.6. The number of nitrogens with one attached hydrogen (secondary N) is 1. The van der Waals surface area contributed by atoms with Crippen molar-refractivity contribution in [3.8, 4) is 0 Å². The van der Waals surface area contributed by atoms with E-state index in [4.69, 9.17) is 0 Å². The Morgan fingerprint density at radius 2 is 1.11 bits per heavy atom. The van der Waals surface area contributed by atoms with E-state index < -0.39 is 0 Å². The molecule has 0 aliphatic heterocycles. The standard InChI is InChI=1S/C31H54N2O2/c1-4-5-6-7-8-9-10-11-12-13-14-15-16-17-18-19-20-21-22-26-31(35)32-29-24-23-25-30(27-29)33(3)28(2)34/h23-25,27H,4-22,26H2,1-3H3,(H,32,35). The Balaban J connectivity index is 1.88. The number of hydrogen-bond donors (Lipinski definition) is 1. The summed E-state index contributed by atoms with van der Waals surface area (Å²) in [6, 6.07) is 7.44. The number of rotatable bonds is 22. The molecule has 1 N–H and O–H groups in total. The van der Waals surface area contributed by atoms with E-state index >= 15 is 0 Å². The van der Waals surface area contributed by atoms with Gasteiger partial charge in [0.05, 0.1) is 0 Å². The molecule has 0 aliphatic rings. The van der Waals surface area contributed by atoms with Crippen LogP contribution in [0.25, 0.3) is 0 Å². The lowest BCUT2D eigenvalue weighted by atomic mass is 10.0. The fourth-order valence-electron chi connectivity index (χ4n) is 4.56. The van der Waals surface area contributed by atoms with Crippen molar-refractivity contribution in [3.05, 3.63) is 24.3 Å². The zero-order valence-electron chi connectivity index (χ0n) is 23.2. The maximum atomic E-state index is 12.2. The van der Waals surface area contributed by atoms with Crippen LogP contribution in [-0.2, 0) is 9.59 Å². The van der Waals surface area contributed by atoms with Crippen LogP contribution in [0, 0.1) is 0 Å². The number of unbranched alkanes of at least 4 members (excludes halogenated alkanes) is 18. The summed E-state index contributed by atoms with van der Waals surface area (Å²) in [7, 11) is 1.74. The molecule has 0 aromatic heterocycles. The van der Waals surface area contributed by atoms with Crippen molar-refractivity contribution in [2.45, 2.75) is 142 Å². The van der Waals surface area contributed by atoms with Crippen molar-refractivity contribution >= 4 is 23.2 Å². The van der Waals surface area contributed by atoms with Gasteiger partial charge in [-0.25, -0.2) is 0 Å². The first-order valence-electron chi connectivity index (χ1n) is 14.7. The van der Waals surface area contributed by atoms with Gasteiger partial charge in [0.2, 0.25) is 11.8 Å². The highest BCUT2D eigenvalue weighted by molar-refractivity contribution is 5.94. The molecule has 0 saturated carbocycles. The molecule has 0 saturated heterocycles. The van der Waals surface area contributed by atoms with Gasteiger partial charge in [-0.1, -0.05) is 129 Å². The van der Waals surface area contributed by atoms with Gasteiger partial charge < -0.3 is 10.2 Å². The van der Waals surface area contributed by atoms with Gasteiger partial charge in [-0.15, -0.1) is 0 Å². The maximum absolute atomic E-state index is 12.2. The van der Waals surface area contributed by atoms with Crippen LogP contribution in [0.4, 0.5) is 11.4 Å². The lowest BCUT2D eigenvalue weighted by molar-refractivity contribution is -0.117. The first-order chi connectivity index (χ1) is 17.0. The van der Waals surface area contributed by atoms with Gasteiger partial charge in [0.1, 0.15) is 0 Å². The van der Waals surface area contributed by atoms with Crippen molar-refractivity contribution in [1.29, 1.82) is 0 Å². The molecule has 2 amide bonds. The number of benzene rings is 1. The average molecular weight is 487 g/mol. The van der Waals surface area contributed by atoms with Crippen molar-refractivity contribution in [1.82, 2.24) is 0 Å². The number of carbonyl (C=O) groups excluding carboxylic acids is 2. The minimum Gasteiger partial charge on any atom is -0.326 e. The second-order valence-electron chi connectivity index (χ2n) is 10.3. The first kappa shape index (κ1) is 31.2. The van der Waals surface area contributed by atoms with Crippen molar-refractivity contribution in [3.63, 3.8) is 0 Å². The molecule has 0 fully saturated rings. The lowest BCUT2D eigenvalue weighted by Crippen LogP contribution is -2.22. The van der Waals surface area contributed by atoms with Gasteiger partial charge in [-0.3, -0.25) is 9.59 Å². The predicted molar refractivity (Wildman–Crippen MR) is 152 cm³/mol. The molecule has 4 nitrogen and oxygen atoms in total. The van der Waals surface area contributed by atoms with Crippen LogP contribution >= 0.6 is 0 Å². The molecule has 1 aromatic rings. The van der Waals surface area contributed by atoms with Crippen molar-refractivity contribution < 1.29 is 9.59 Å². The van der Waals surface area contributed by atoms with Gasteiger partial charge in [-0.05, 0) is 24.6 Å². The first-order valence-corrected chi connectivity index (χ1v) is 14.7. The topological polar surface area (TPSA) is 49.4 Å². The summed E-state index contributed by atoms with van der Waals surface area (Å²) in [5, 5.41) is 2.96. The number of hydrogen-bond acceptors (Lipinski definition) is 2.